The van der Waals surface area contributed by atoms with E-state index in [0.29, 0.717) is 11.9 Å². The fourth-order valence-corrected chi connectivity index (χ4v) is 1.78. The largest absolute Gasteiger partial charge is 0.341 e. The van der Waals surface area contributed by atoms with Gasteiger partial charge in [-0.15, -0.1) is 0 Å². The molecule has 1 aliphatic heterocycles. The molecule has 1 amide bonds. The van der Waals surface area contributed by atoms with Crippen molar-refractivity contribution in [2.75, 3.05) is 19.6 Å². The Labute approximate surface area is 94.2 Å². The van der Waals surface area contributed by atoms with Crippen molar-refractivity contribution in [2.45, 2.75) is 47.1 Å². The molecule has 15 heavy (non-hydrogen) atoms. The molecule has 0 saturated carbocycles. The summed E-state index contributed by atoms with van der Waals surface area (Å²) in [4.78, 5) is 13.6. The first-order valence-corrected chi connectivity index (χ1v) is 6.17. The summed E-state index contributed by atoms with van der Waals surface area (Å²) in [6, 6.07) is 0.521. The summed E-state index contributed by atoms with van der Waals surface area (Å²) < 4.78 is 0. The van der Waals surface area contributed by atoms with Crippen molar-refractivity contribution in [3.05, 3.63) is 0 Å². The topological polar surface area (TPSA) is 32.3 Å². The third-order valence-electron chi connectivity index (χ3n) is 2.49. The first-order valence-electron chi connectivity index (χ1n) is 6.17. The van der Waals surface area contributed by atoms with Gasteiger partial charge in [-0.2, -0.15) is 0 Å². The number of hydrogen-bond acceptors (Lipinski definition) is 2. The molecule has 1 atom stereocenters. The molecular formula is C12H26N2O. The molecule has 1 fully saturated rings. The summed E-state index contributed by atoms with van der Waals surface area (Å²) in [7, 11) is 0. The zero-order valence-electron chi connectivity index (χ0n) is 10.8. The van der Waals surface area contributed by atoms with Crippen LogP contribution in [0.3, 0.4) is 0 Å². The van der Waals surface area contributed by atoms with Gasteiger partial charge in [0, 0.05) is 25.0 Å². The lowest BCUT2D eigenvalue weighted by molar-refractivity contribution is -0.133. The Kier molecular flexibility index (Phi) is 7.39. The summed E-state index contributed by atoms with van der Waals surface area (Å²) in [6.45, 7) is 12.8. The normalized spacial score (nSPS) is 20.1. The number of rotatable bonds is 3. The molecule has 1 N–H and O–H groups in total. The second-order valence-corrected chi connectivity index (χ2v) is 3.98. The zero-order chi connectivity index (χ0) is 11.8. The summed E-state index contributed by atoms with van der Waals surface area (Å²) in [5, 5.41) is 3.37. The summed E-state index contributed by atoms with van der Waals surface area (Å²) in [5.41, 5.74) is 0. The number of amides is 1. The van der Waals surface area contributed by atoms with E-state index in [0.717, 1.165) is 26.1 Å². The van der Waals surface area contributed by atoms with Gasteiger partial charge in [0.2, 0.25) is 5.91 Å². The Morgan fingerprint density at radius 3 is 2.53 bits per heavy atom. The highest BCUT2D eigenvalue weighted by Gasteiger charge is 2.26. The fraction of sp³-hybridized carbons (Fsp3) is 0.917. The lowest BCUT2D eigenvalue weighted by Crippen LogP contribution is -2.36. The Morgan fingerprint density at radius 2 is 2.07 bits per heavy atom. The van der Waals surface area contributed by atoms with E-state index in [1.165, 1.54) is 0 Å². The highest BCUT2D eigenvalue weighted by atomic mass is 16.2. The number of nitrogens with one attached hydrogen (secondary N) is 1. The minimum Gasteiger partial charge on any atom is -0.341 e. The minimum absolute atomic E-state index is 0.139. The maximum absolute atomic E-state index is 11.6. The van der Waals surface area contributed by atoms with Crippen molar-refractivity contribution in [1.82, 2.24) is 10.2 Å². The molecule has 1 heterocycles. The van der Waals surface area contributed by atoms with E-state index in [-0.39, 0.29) is 5.92 Å². The van der Waals surface area contributed by atoms with Crippen molar-refractivity contribution in [3.8, 4) is 0 Å². The van der Waals surface area contributed by atoms with E-state index < -0.39 is 0 Å². The number of carbonyl (C=O) groups is 1. The number of nitrogens with zero attached hydrogens (tertiary/aromatic N) is 1. The molecule has 0 spiro atoms. The molecule has 0 radical (unpaired) electrons. The molecule has 0 aliphatic carbocycles. The van der Waals surface area contributed by atoms with E-state index in [4.69, 9.17) is 0 Å². The molecule has 0 aromatic heterocycles. The maximum Gasteiger partial charge on any atom is 0.225 e. The van der Waals surface area contributed by atoms with Crippen LogP contribution in [0.4, 0.5) is 0 Å². The number of carbonyl (C=O) groups excluding carboxylic acids is 1. The first kappa shape index (κ1) is 14.4. The van der Waals surface area contributed by atoms with Crippen LogP contribution in [0.15, 0.2) is 0 Å². The quantitative estimate of drug-likeness (QED) is 0.778. The molecular weight excluding hydrogens is 188 g/mol. The molecule has 1 unspecified atom stereocenters. The van der Waals surface area contributed by atoms with Crippen molar-refractivity contribution in [1.29, 1.82) is 0 Å². The van der Waals surface area contributed by atoms with Crippen molar-refractivity contribution in [3.63, 3.8) is 0 Å². The van der Waals surface area contributed by atoms with Crippen LogP contribution in [0, 0.1) is 5.92 Å². The number of likely N-dealkylation sites (N-methyl/N-ethyl adjacent to an activating group) is 1. The predicted molar refractivity (Wildman–Crippen MR) is 64.8 cm³/mol. The molecule has 1 aliphatic rings. The van der Waals surface area contributed by atoms with Crippen LogP contribution in [0.5, 0.6) is 0 Å². The average molecular weight is 214 g/mol. The Balaban J connectivity index is 0.000000921. The van der Waals surface area contributed by atoms with E-state index >= 15 is 0 Å². The highest BCUT2D eigenvalue weighted by Crippen LogP contribution is 2.12. The highest BCUT2D eigenvalue weighted by molar-refractivity contribution is 5.78. The smallest absolute Gasteiger partial charge is 0.225 e. The summed E-state index contributed by atoms with van der Waals surface area (Å²) in [6.07, 6.45) is 1.10. The van der Waals surface area contributed by atoms with Crippen molar-refractivity contribution in [2.24, 2.45) is 5.92 Å². The summed E-state index contributed by atoms with van der Waals surface area (Å²) >= 11 is 0. The molecule has 3 nitrogen and oxygen atoms in total. The van der Waals surface area contributed by atoms with Gasteiger partial charge in [-0.25, -0.2) is 0 Å². The van der Waals surface area contributed by atoms with Crippen LogP contribution in [0.1, 0.15) is 41.0 Å². The van der Waals surface area contributed by atoms with Gasteiger partial charge in [-0.05, 0) is 13.0 Å². The van der Waals surface area contributed by atoms with E-state index in [2.05, 4.69) is 12.2 Å². The monoisotopic (exact) mass is 214 g/mol. The van der Waals surface area contributed by atoms with Crippen LogP contribution < -0.4 is 5.32 Å². The average Bonchev–Trinajstić information content (AvgIpc) is 2.69. The van der Waals surface area contributed by atoms with Crippen LogP contribution in [-0.4, -0.2) is 36.5 Å². The van der Waals surface area contributed by atoms with Gasteiger partial charge in [0.15, 0.2) is 0 Å². The molecule has 0 aromatic carbocycles. The summed E-state index contributed by atoms with van der Waals surface area (Å²) in [5.74, 6) is 0.431. The molecule has 1 rings (SSSR count). The van der Waals surface area contributed by atoms with Crippen molar-refractivity contribution < 1.29 is 4.79 Å². The van der Waals surface area contributed by atoms with Crippen LogP contribution in [0.2, 0.25) is 0 Å². The second-order valence-electron chi connectivity index (χ2n) is 3.98. The van der Waals surface area contributed by atoms with E-state index in [1.54, 1.807) is 0 Å². The van der Waals surface area contributed by atoms with Crippen LogP contribution in [-0.2, 0) is 4.79 Å². The van der Waals surface area contributed by atoms with Gasteiger partial charge in [0.1, 0.15) is 0 Å². The molecule has 1 saturated heterocycles. The molecule has 0 aromatic rings. The lowest BCUT2D eigenvalue weighted by Gasteiger charge is -2.18. The SMILES string of the molecule is CC.CCNC1CCN(C(=O)C(C)C)C1. The predicted octanol–water partition coefficient (Wildman–Crippen LogP) is 1.88. The maximum atomic E-state index is 11.6. The van der Waals surface area contributed by atoms with E-state index in [1.807, 2.05) is 32.6 Å². The van der Waals surface area contributed by atoms with Crippen molar-refractivity contribution >= 4 is 5.91 Å². The van der Waals surface area contributed by atoms with Gasteiger partial charge in [-0.1, -0.05) is 34.6 Å². The van der Waals surface area contributed by atoms with Crippen LogP contribution >= 0.6 is 0 Å². The minimum atomic E-state index is 0.139. The third-order valence-corrected chi connectivity index (χ3v) is 2.49. The van der Waals surface area contributed by atoms with Gasteiger partial charge in [0.25, 0.3) is 0 Å². The van der Waals surface area contributed by atoms with E-state index in [9.17, 15) is 4.79 Å². The first-order chi connectivity index (χ1) is 7.15. The Morgan fingerprint density at radius 1 is 1.47 bits per heavy atom. The number of hydrogen-bond donors (Lipinski definition) is 1. The standard InChI is InChI=1S/C10H20N2O.C2H6/c1-4-11-9-5-6-12(7-9)10(13)8(2)3;1-2/h8-9,11H,4-7H2,1-3H3;1-2H3. The van der Waals surface area contributed by atoms with Gasteiger partial charge in [0.05, 0.1) is 0 Å². The second kappa shape index (κ2) is 7.69. The fourth-order valence-electron chi connectivity index (χ4n) is 1.78. The molecule has 0 bridgehead atoms. The van der Waals surface area contributed by atoms with Gasteiger partial charge < -0.3 is 10.2 Å². The Hall–Kier alpha value is -0.570. The number of likely N-dealkylation sites (tertiary alicyclic amines) is 1. The Bertz CT molecular complexity index is 180. The van der Waals surface area contributed by atoms with Gasteiger partial charge >= 0.3 is 0 Å². The zero-order valence-corrected chi connectivity index (χ0v) is 10.8. The third kappa shape index (κ3) is 4.65. The molecule has 3 heteroatoms. The lowest BCUT2D eigenvalue weighted by atomic mass is 10.2. The van der Waals surface area contributed by atoms with Gasteiger partial charge in [-0.3, -0.25) is 4.79 Å². The molecule has 90 valence electrons. The van der Waals surface area contributed by atoms with Crippen LogP contribution in [0.25, 0.3) is 0 Å².